The maximum absolute atomic E-state index is 10.6. The van der Waals surface area contributed by atoms with Crippen LogP contribution in [0.5, 0.6) is 0 Å². The van der Waals surface area contributed by atoms with Crippen molar-refractivity contribution in [2.45, 2.75) is 83.0 Å². The standard InChI is InChI=1S/C14H30O4/c1-4-7-12(16)14(18,8-5-2)11-13(3,17)9-6-10-15/h12,15-18H,4-11H2,1-3H3. The highest BCUT2D eigenvalue weighted by Gasteiger charge is 2.40. The van der Waals surface area contributed by atoms with E-state index in [1.807, 2.05) is 13.8 Å². The van der Waals surface area contributed by atoms with Gasteiger partial charge in [-0.15, -0.1) is 0 Å². The normalized spacial score (nSPS) is 20.2. The maximum Gasteiger partial charge on any atom is 0.0932 e. The summed E-state index contributed by atoms with van der Waals surface area (Å²) in [6.45, 7) is 5.59. The predicted molar refractivity (Wildman–Crippen MR) is 72.3 cm³/mol. The zero-order valence-corrected chi connectivity index (χ0v) is 12.0. The molecule has 0 heterocycles. The van der Waals surface area contributed by atoms with Gasteiger partial charge in [0.05, 0.1) is 17.3 Å². The molecule has 0 rings (SSSR count). The zero-order chi connectivity index (χ0) is 14.2. The summed E-state index contributed by atoms with van der Waals surface area (Å²) in [5.41, 5.74) is -2.29. The minimum absolute atomic E-state index is 0.0276. The van der Waals surface area contributed by atoms with Gasteiger partial charge in [-0.3, -0.25) is 0 Å². The van der Waals surface area contributed by atoms with Crippen molar-refractivity contribution in [2.24, 2.45) is 0 Å². The molecule has 0 amide bonds. The molecule has 0 bridgehead atoms. The summed E-state index contributed by atoms with van der Waals surface area (Å²) in [4.78, 5) is 0. The third-order valence-corrected chi connectivity index (χ3v) is 3.43. The van der Waals surface area contributed by atoms with E-state index in [4.69, 9.17) is 5.11 Å². The van der Waals surface area contributed by atoms with Gasteiger partial charge in [0, 0.05) is 13.0 Å². The number of rotatable bonds is 10. The fourth-order valence-electron chi connectivity index (χ4n) is 2.56. The molecule has 0 spiro atoms. The van der Waals surface area contributed by atoms with Crippen LogP contribution in [0.2, 0.25) is 0 Å². The molecule has 0 saturated carbocycles. The molecular formula is C14H30O4. The summed E-state index contributed by atoms with van der Waals surface area (Å²) in [5, 5.41) is 39.7. The van der Waals surface area contributed by atoms with Gasteiger partial charge in [0.15, 0.2) is 0 Å². The number of hydrogen-bond acceptors (Lipinski definition) is 4. The van der Waals surface area contributed by atoms with Gasteiger partial charge in [-0.05, 0) is 32.6 Å². The highest BCUT2D eigenvalue weighted by molar-refractivity contribution is 4.92. The molecular weight excluding hydrogens is 232 g/mol. The van der Waals surface area contributed by atoms with Crippen molar-refractivity contribution in [1.29, 1.82) is 0 Å². The minimum Gasteiger partial charge on any atom is -0.396 e. The Hall–Kier alpha value is -0.160. The van der Waals surface area contributed by atoms with Gasteiger partial charge in [0.25, 0.3) is 0 Å². The summed E-state index contributed by atoms with van der Waals surface area (Å²) in [6.07, 6.45) is 2.83. The molecule has 110 valence electrons. The SMILES string of the molecule is CCCC(O)C(O)(CCC)CC(C)(O)CCCO. The maximum atomic E-state index is 10.6. The van der Waals surface area contributed by atoms with Crippen LogP contribution >= 0.6 is 0 Å². The van der Waals surface area contributed by atoms with E-state index in [0.29, 0.717) is 25.7 Å². The zero-order valence-electron chi connectivity index (χ0n) is 12.0. The van der Waals surface area contributed by atoms with Crippen molar-refractivity contribution in [3.05, 3.63) is 0 Å². The summed E-state index contributed by atoms with van der Waals surface area (Å²) in [7, 11) is 0. The molecule has 4 N–H and O–H groups in total. The Morgan fingerprint density at radius 1 is 1.06 bits per heavy atom. The molecule has 0 aliphatic heterocycles. The molecule has 3 atom stereocenters. The lowest BCUT2D eigenvalue weighted by molar-refractivity contribution is -0.130. The first-order valence-corrected chi connectivity index (χ1v) is 7.05. The lowest BCUT2D eigenvalue weighted by Gasteiger charge is -2.38. The molecule has 4 heteroatoms. The van der Waals surface area contributed by atoms with Crippen LogP contribution in [0.3, 0.4) is 0 Å². The molecule has 0 aliphatic carbocycles. The first kappa shape index (κ1) is 17.8. The third-order valence-electron chi connectivity index (χ3n) is 3.43. The van der Waals surface area contributed by atoms with Crippen molar-refractivity contribution in [1.82, 2.24) is 0 Å². The van der Waals surface area contributed by atoms with Gasteiger partial charge in [0.2, 0.25) is 0 Å². The van der Waals surface area contributed by atoms with Crippen LogP contribution in [0.1, 0.15) is 65.7 Å². The van der Waals surface area contributed by atoms with Crippen molar-refractivity contribution >= 4 is 0 Å². The predicted octanol–water partition coefficient (Wildman–Crippen LogP) is 1.59. The second kappa shape index (κ2) is 8.10. The molecule has 0 aromatic rings. The highest BCUT2D eigenvalue weighted by atomic mass is 16.3. The molecule has 0 saturated heterocycles. The Labute approximate surface area is 111 Å². The summed E-state index contributed by atoms with van der Waals surface area (Å²) < 4.78 is 0. The molecule has 0 radical (unpaired) electrons. The molecule has 0 aromatic carbocycles. The lowest BCUT2D eigenvalue weighted by Crippen LogP contribution is -2.48. The number of hydrogen-bond donors (Lipinski definition) is 4. The average Bonchev–Trinajstić information content (AvgIpc) is 2.26. The third kappa shape index (κ3) is 6.14. The molecule has 0 aliphatic rings. The van der Waals surface area contributed by atoms with Crippen LogP contribution in [0, 0.1) is 0 Å². The van der Waals surface area contributed by atoms with Crippen molar-refractivity contribution in [3.63, 3.8) is 0 Å². The Kier molecular flexibility index (Phi) is 8.03. The Bertz CT molecular complexity index is 218. The lowest BCUT2D eigenvalue weighted by atomic mass is 9.78. The molecule has 4 nitrogen and oxygen atoms in total. The van der Waals surface area contributed by atoms with Crippen LogP contribution in [0.4, 0.5) is 0 Å². The summed E-state index contributed by atoms with van der Waals surface area (Å²) >= 11 is 0. The van der Waals surface area contributed by atoms with E-state index >= 15 is 0 Å². The fourth-order valence-corrected chi connectivity index (χ4v) is 2.56. The van der Waals surface area contributed by atoms with E-state index in [9.17, 15) is 15.3 Å². The highest BCUT2D eigenvalue weighted by Crippen LogP contribution is 2.32. The molecule has 18 heavy (non-hydrogen) atoms. The average molecular weight is 262 g/mol. The van der Waals surface area contributed by atoms with Gasteiger partial charge in [-0.1, -0.05) is 26.7 Å². The van der Waals surface area contributed by atoms with Crippen LogP contribution in [0.15, 0.2) is 0 Å². The van der Waals surface area contributed by atoms with Gasteiger partial charge in [-0.2, -0.15) is 0 Å². The van der Waals surface area contributed by atoms with E-state index in [2.05, 4.69) is 0 Å². The van der Waals surface area contributed by atoms with Gasteiger partial charge in [-0.25, -0.2) is 0 Å². The molecule has 0 aromatic heterocycles. The van der Waals surface area contributed by atoms with Gasteiger partial charge < -0.3 is 20.4 Å². The smallest absolute Gasteiger partial charge is 0.0932 e. The Morgan fingerprint density at radius 2 is 1.67 bits per heavy atom. The Morgan fingerprint density at radius 3 is 2.11 bits per heavy atom. The molecule has 3 unspecified atom stereocenters. The van der Waals surface area contributed by atoms with Crippen LogP contribution in [0.25, 0.3) is 0 Å². The monoisotopic (exact) mass is 262 g/mol. The second-order valence-corrected chi connectivity index (χ2v) is 5.66. The van der Waals surface area contributed by atoms with Crippen LogP contribution in [-0.4, -0.2) is 44.3 Å². The van der Waals surface area contributed by atoms with E-state index in [0.717, 1.165) is 12.8 Å². The second-order valence-electron chi connectivity index (χ2n) is 5.66. The number of aliphatic hydroxyl groups is 4. The van der Waals surface area contributed by atoms with Crippen molar-refractivity contribution in [2.75, 3.05) is 6.61 Å². The van der Waals surface area contributed by atoms with Crippen molar-refractivity contribution in [3.8, 4) is 0 Å². The first-order chi connectivity index (χ1) is 8.31. The largest absolute Gasteiger partial charge is 0.396 e. The Balaban J connectivity index is 4.67. The summed E-state index contributed by atoms with van der Waals surface area (Å²) in [6, 6.07) is 0. The van der Waals surface area contributed by atoms with E-state index in [1.54, 1.807) is 6.92 Å². The van der Waals surface area contributed by atoms with E-state index in [1.165, 1.54) is 0 Å². The fraction of sp³-hybridized carbons (Fsp3) is 1.00. The first-order valence-electron chi connectivity index (χ1n) is 7.05. The van der Waals surface area contributed by atoms with E-state index in [-0.39, 0.29) is 13.0 Å². The summed E-state index contributed by atoms with van der Waals surface area (Å²) in [5.74, 6) is 0. The minimum atomic E-state index is -1.23. The van der Waals surface area contributed by atoms with E-state index < -0.39 is 17.3 Å². The van der Waals surface area contributed by atoms with Crippen LogP contribution in [-0.2, 0) is 0 Å². The van der Waals surface area contributed by atoms with Crippen LogP contribution < -0.4 is 0 Å². The van der Waals surface area contributed by atoms with Gasteiger partial charge in [0.1, 0.15) is 0 Å². The molecule has 0 fully saturated rings. The quantitative estimate of drug-likeness (QED) is 0.482. The van der Waals surface area contributed by atoms with Gasteiger partial charge >= 0.3 is 0 Å². The number of aliphatic hydroxyl groups excluding tert-OH is 2. The topological polar surface area (TPSA) is 80.9 Å². The van der Waals surface area contributed by atoms with Crippen molar-refractivity contribution < 1.29 is 20.4 Å².